The quantitative estimate of drug-likeness (QED) is 0.821. The summed E-state index contributed by atoms with van der Waals surface area (Å²) in [6.45, 7) is 2.25. The molecule has 0 bridgehead atoms. The predicted octanol–water partition coefficient (Wildman–Crippen LogP) is 3.93. The Balaban J connectivity index is 1.96. The lowest BCUT2D eigenvalue weighted by Gasteiger charge is -2.30. The van der Waals surface area contributed by atoms with Gasteiger partial charge in [0.1, 0.15) is 0 Å². The normalized spacial score (nSPS) is 15.5. The van der Waals surface area contributed by atoms with Crippen LogP contribution >= 0.6 is 0 Å². The fourth-order valence-electron chi connectivity index (χ4n) is 2.76. The third-order valence-electron chi connectivity index (χ3n) is 3.83. The van der Waals surface area contributed by atoms with Crippen LogP contribution in [0.25, 0.3) is 11.1 Å². The molecule has 0 spiro atoms. The molecule has 0 aliphatic carbocycles. The maximum Gasteiger partial charge on any atom is 0.0606 e. The van der Waals surface area contributed by atoms with E-state index >= 15 is 0 Å². The summed E-state index contributed by atoms with van der Waals surface area (Å²) >= 11 is 0. The Morgan fingerprint density at radius 3 is 2.26 bits per heavy atom. The highest BCUT2D eigenvalue weighted by atomic mass is 15.1. The molecule has 0 saturated carbocycles. The van der Waals surface area contributed by atoms with E-state index in [2.05, 4.69) is 41.3 Å². The summed E-state index contributed by atoms with van der Waals surface area (Å²) in [5.41, 5.74) is 10.7. The summed E-state index contributed by atoms with van der Waals surface area (Å²) in [4.78, 5) is 2.42. The number of anilines is 2. The molecule has 0 aromatic heterocycles. The molecule has 2 heteroatoms. The van der Waals surface area contributed by atoms with Crippen molar-refractivity contribution in [1.82, 2.24) is 0 Å². The van der Waals surface area contributed by atoms with Crippen LogP contribution in [0.1, 0.15) is 19.3 Å². The fraction of sp³-hybridized carbons (Fsp3) is 0.294. The van der Waals surface area contributed by atoms with Gasteiger partial charge in [-0.05, 0) is 42.5 Å². The first-order chi connectivity index (χ1) is 9.34. The van der Waals surface area contributed by atoms with E-state index in [0.717, 1.165) is 18.8 Å². The van der Waals surface area contributed by atoms with Crippen LogP contribution in [0, 0.1) is 0 Å². The van der Waals surface area contributed by atoms with E-state index < -0.39 is 0 Å². The molecule has 1 heterocycles. The molecule has 0 unspecified atom stereocenters. The van der Waals surface area contributed by atoms with Gasteiger partial charge < -0.3 is 10.6 Å². The number of benzene rings is 2. The van der Waals surface area contributed by atoms with Gasteiger partial charge in [-0.3, -0.25) is 0 Å². The third-order valence-corrected chi connectivity index (χ3v) is 3.83. The molecule has 1 aliphatic rings. The first-order valence-corrected chi connectivity index (χ1v) is 7.04. The molecule has 1 aliphatic heterocycles. The number of piperidine rings is 1. The molecular weight excluding hydrogens is 232 g/mol. The molecule has 3 rings (SSSR count). The average molecular weight is 252 g/mol. The van der Waals surface area contributed by atoms with Gasteiger partial charge in [-0.2, -0.15) is 0 Å². The van der Waals surface area contributed by atoms with Crippen LogP contribution in [0.5, 0.6) is 0 Å². The van der Waals surface area contributed by atoms with Crippen molar-refractivity contribution in [2.24, 2.45) is 0 Å². The molecule has 1 fully saturated rings. The van der Waals surface area contributed by atoms with E-state index in [9.17, 15) is 0 Å². The second kappa shape index (κ2) is 5.35. The molecule has 0 atom stereocenters. The highest BCUT2D eigenvalue weighted by Gasteiger charge is 2.14. The van der Waals surface area contributed by atoms with Crippen molar-refractivity contribution in [2.75, 3.05) is 23.7 Å². The Kier molecular flexibility index (Phi) is 3.41. The van der Waals surface area contributed by atoms with E-state index in [1.54, 1.807) is 0 Å². The minimum absolute atomic E-state index is 0.890. The number of nitrogen functional groups attached to an aromatic ring is 1. The molecule has 2 nitrogen and oxygen atoms in total. The van der Waals surface area contributed by atoms with Crippen LogP contribution in [0.15, 0.2) is 48.5 Å². The van der Waals surface area contributed by atoms with Crippen LogP contribution < -0.4 is 10.6 Å². The number of rotatable bonds is 2. The van der Waals surface area contributed by atoms with Gasteiger partial charge in [-0.1, -0.05) is 36.4 Å². The van der Waals surface area contributed by atoms with Crippen molar-refractivity contribution < 1.29 is 0 Å². The maximum atomic E-state index is 6.16. The number of nitrogens with zero attached hydrogens (tertiary/aromatic N) is 1. The molecule has 19 heavy (non-hydrogen) atoms. The monoisotopic (exact) mass is 252 g/mol. The van der Waals surface area contributed by atoms with E-state index in [1.165, 1.54) is 36.1 Å². The molecule has 2 aromatic rings. The van der Waals surface area contributed by atoms with Crippen molar-refractivity contribution in [1.29, 1.82) is 0 Å². The average Bonchev–Trinajstić information content (AvgIpc) is 2.49. The van der Waals surface area contributed by atoms with Crippen molar-refractivity contribution >= 4 is 11.4 Å². The summed E-state index contributed by atoms with van der Waals surface area (Å²) in [7, 11) is 0. The molecule has 0 radical (unpaired) electrons. The van der Waals surface area contributed by atoms with Crippen molar-refractivity contribution in [3.63, 3.8) is 0 Å². The zero-order chi connectivity index (χ0) is 13.1. The van der Waals surface area contributed by atoms with Crippen LogP contribution in [0.3, 0.4) is 0 Å². The fourth-order valence-corrected chi connectivity index (χ4v) is 2.76. The van der Waals surface area contributed by atoms with E-state index in [-0.39, 0.29) is 0 Å². The van der Waals surface area contributed by atoms with Gasteiger partial charge in [0.15, 0.2) is 0 Å². The second-order valence-electron chi connectivity index (χ2n) is 5.19. The van der Waals surface area contributed by atoms with Gasteiger partial charge in [0.2, 0.25) is 0 Å². The standard InChI is InChI=1S/C17H20N2/c18-16-10-9-15(14-7-3-1-4-8-14)13-17(16)19-11-5-2-6-12-19/h1,3-4,7-10,13H,2,5-6,11-12,18H2. The highest BCUT2D eigenvalue weighted by molar-refractivity contribution is 5.77. The van der Waals surface area contributed by atoms with E-state index in [0.29, 0.717) is 0 Å². The summed E-state index contributed by atoms with van der Waals surface area (Å²) in [6.07, 6.45) is 3.89. The van der Waals surface area contributed by atoms with Gasteiger partial charge >= 0.3 is 0 Å². The summed E-state index contributed by atoms with van der Waals surface area (Å²) in [5, 5.41) is 0. The lowest BCUT2D eigenvalue weighted by atomic mass is 10.0. The molecule has 0 amide bonds. The minimum atomic E-state index is 0.890. The lowest BCUT2D eigenvalue weighted by molar-refractivity contribution is 0.578. The second-order valence-corrected chi connectivity index (χ2v) is 5.19. The third kappa shape index (κ3) is 2.58. The van der Waals surface area contributed by atoms with Gasteiger partial charge in [-0.25, -0.2) is 0 Å². The zero-order valence-corrected chi connectivity index (χ0v) is 11.2. The van der Waals surface area contributed by atoms with Crippen LogP contribution in [-0.4, -0.2) is 13.1 Å². The van der Waals surface area contributed by atoms with Crippen molar-refractivity contribution in [2.45, 2.75) is 19.3 Å². The van der Waals surface area contributed by atoms with Crippen molar-refractivity contribution in [3.8, 4) is 11.1 Å². The smallest absolute Gasteiger partial charge is 0.0606 e. The predicted molar refractivity (Wildman–Crippen MR) is 82.4 cm³/mol. The number of nitrogens with two attached hydrogens (primary N) is 1. The van der Waals surface area contributed by atoms with Gasteiger partial charge in [0.25, 0.3) is 0 Å². The highest BCUT2D eigenvalue weighted by Crippen LogP contribution is 2.31. The Bertz CT molecular complexity index is 542. The SMILES string of the molecule is Nc1ccc(-c2ccccc2)cc1N1CCCCC1. The summed E-state index contributed by atoms with van der Waals surface area (Å²) < 4.78 is 0. The molecule has 2 aromatic carbocycles. The van der Waals surface area contributed by atoms with Crippen molar-refractivity contribution in [3.05, 3.63) is 48.5 Å². The van der Waals surface area contributed by atoms with Gasteiger partial charge in [0.05, 0.1) is 11.4 Å². The van der Waals surface area contributed by atoms with E-state index in [4.69, 9.17) is 5.73 Å². The number of hydrogen-bond acceptors (Lipinski definition) is 2. The van der Waals surface area contributed by atoms with Gasteiger partial charge in [0, 0.05) is 13.1 Å². The molecule has 1 saturated heterocycles. The largest absolute Gasteiger partial charge is 0.397 e. The molecule has 98 valence electrons. The van der Waals surface area contributed by atoms with Crippen LogP contribution in [0.4, 0.5) is 11.4 Å². The lowest BCUT2D eigenvalue weighted by Crippen LogP contribution is -2.30. The number of hydrogen-bond donors (Lipinski definition) is 1. The Morgan fingerprint density at radius 1 is 0.789 bits per heavy atom. The summed E-state index contributed by atoms with van der Waals surface area (Å²) in [6, 6.07) is 16.9. The van der Waals surface area contributed by atoms with E-state index in [1.807, 2.05) is 12.1 Å². The first kappa shape index (κ1) is 12.1. The summed E-state index contributed by atoms with van der Waals surface area (Å²) in [5.74, 6) is 0. The maximum absolute atomic E-state index is 6.16. The zero-order valence-electron chi connectivity index (χ0n) is 11.2. The topological polar surface area (TPSA) is 29.3 Å². The Morgan fingerprint density at radius 2 is 1.53 bits per heavy atom. The van der Waals surface area contributed by atoms with Gasteiger partial charge in [-0.15, -0.1) is 0 Å². The minimum Gasteiger partial charge on any atom is -0.397 e. The van der Waals surface area contributed by atoms with Crippen LogP contribution in [0.2, 0.25) is 0 Å². The molecular formula is C17H20N2. The molecule has 2 N–H and O–H groups in total. The Hall–Kier alpha value is -1.96. The van der Waals surface area contributed by atoms with Crippen LogP contribution in [-0.2, 0) is 0 Å². The Labute approximate surface area is 114 Å². The first-order valence-electron chi connectivity index (χ1n) is 7.04.